The lowest BCUT2D eigenvalue weighted by Crippen LogP contribution is -2.38. The van der Waals surface area contributed by atoms with Crippen LogP contribution >= 0.6 is 0 Å². The standard InChI is InChI=1S/C16H27N3O2/c1-4-5-10-18-16(17-2)19-11-7-12-21-15-9-6-8-14(13-15)20-3/h6,8-9,13H,4-5,7,10-12H2,1-3H3,(H2,17,18,19). The van der Waals surface area contributed by atoms with Crippen molar-refractivity contribution in [2.45, 2.75) is 26.2 Å². The first-order chi connectivity index (χ1) is 10.3. The Kier molecular flexibility index (Phi) is 8.84. The van der Waals surface area contributed by atoms with Crippen molar-refractivity contribution < 1.29 is 9.47 Å². The molecule has 0 radical (unpaired) electrons. The molecule has 5 heteroatoms. The van der Waals surface area contributed by atoms with Gasteiger partial charge in [0.05, 0.1) is 13.7 Å². The molecule has 0 atom stereocenters. The average Bonchev–Trinajstić information content (AvgIpc) is 2.53. The van der Waals surface area contributed by atoms with Gasteiger partial charge in [-0.15, -0.1) is 0 Å². The summed E-state index contributed by atoms with van der Waals surface area (Å²) >= 11 is 0. The molecule has 0 amide bonds. The zero-order chi connectivity index (χ0) is 15.3. The van der Waals surface area contributed by atoms with E-state index in [1.807, 2.05) is 24.3 Å². The van der Waals surface area contributed by atoms with Gasteiger partial charge in [-0.25, -0.2) is 0 Å². The van der Waals surface area contributed by atoms with Crippen LogP contribution < -0.4 is 20.1 Å². The van der Waals surface area contributed by atoms with Gasteiger partial charge in [-0.2, -0.15) is 0 Å². The highest BCUT2D eigenvalue weighted by atomic mass is 16.5. The Bertz CT molecular complexity index is 422. The molecule has 2 N–H and O–H groups in total. The van der Waals surface area contributed by atoms with Crippen molar-refractivity contribution in [3.05, 3.63) is 24.3 Å². The number of hydrogen-bond donors (Lipinski definition) is 2. The second-order valence-corrected chi connectivity index (χ2v) is 4.66. The molecule has 0 aliphatic rings. The van der Waals surface area contributed by atoms with Gasteiger partial charge in [0.15, 0.2) is 5.96 Å². The fourth-order valence-corrected chi connectivity index (χ4v) is 1.76. The molecule has 118 valence electrons. The summed E-state index contributed by atoms with van der Waals surface area (Å²) in [5, 5.41) is 6.55. The van der Waals surface area contributed by atoms with Crippen molar-refractivity contribution in [2.24, 2.45) is 4.99 Å². The summed E-state index contributed by atoms with van der Waals surface area (Å²) in [6.07, 6.45) is 3.24. The Labute approximate surface area is 127 Å². The first-order valence-electron chi connectivity index (χ1n) is 7.51. The summed E-state index contributed by atoms with van der Waals surface area (Å²) in [6.45, 7) is 4.62. The summed E-state index contributed by atoms with van der Waals surface area (Å²) in [5.41, 5.74) is 0. The summed E-state index contributed by atoms with van der Waals surface area (Å²) < 4.78 is 10.8. The SMILES string of the molecule is CCCCNC(=NC)NCCCOc1cccc(OC)c1. The van der Waals surface area contributed by atoms with Crippen molar-refractivity contribution in [3.63, 3.8) is 0 Å². The second-order valence-electron chi connectivity index (χ2n) is 4.66. The van der Waals surface area contributed by atoms with E-state index < -0.39 is 0 Å². The van der Waals surface area contributed by atoms with Crippen LogP contribution in [0.3, 0.4) is 0 Å². The van der Waals surface area contributed by atoms with Gasteiger partial charge in [-0.1, -0.05) is 19.4 Å². The Morgan fingerprint density at radius 3 is 2.52 bits per heavy atom. The van der Waals surface area contributed by atoms with Crippen molar-refractivity contribution in [3.8, 4) is 11.5 Å². The summed E-state index contributed by atoms with van der Waals surface area (Å²) in [7, 11) is 3.44. The van der Waals surface area contributed by atoms with Crippen molar-refractivity contribution >= 4 is 5.96 Å². The second kappa shape index (κ2) is 10.8. The molecule has 0 unspecified atom stereocenters. The van der Waals surface area contributed by atoms with Crippen molar-refractivity contribution in [1.29, 1.82) is 0 Å². The summed E-state index contributed by atoms with van der Waals surface area (Å²) in [6, 6.07) is 7.64. The van der Waals surface area contributed by atoms with Gasteiger partial charge in [0.2, 0.25) is 0 Å². The molecule has 1 rings (SSSR count). The quantitative estimate of drug-likeness (QED) is 0.417. The van der Waals surface area contributed by atoms with Crippen LogP contribution in [0.4, 0.5) is 0 Å². The molecule has 0 heterocycles. The predicted molar refractivity (Wildman–Crippen MR) is 87.4 cm³/mol. The first kappa shape index (κ1) is 17.1. The molecule has 0 saturated carbocycles. The van der Waals surface area contributed by atoms with Crippen molar-refractivity contribution in [1.82, 2.24) is 10.6 Å². The highest BCUT2D eigenvalue weighted by Gasteiger charge is 1.98. The Hall–Kier alpha value is -1.91. The molecule has 0 saturated heterocycles. The molecular formula is C16H27N3O2. The molecule has 0 aromatic heterocycles. The third-order valence-corrected chi connectivity index (χ3v) is 2.97. The number of nitrogens with one attached hydrogen (secondary N) is 2. The minimum absolute atomic E-state index is 0.659. The van der Waals surface area contributed by atoms with Gasteiger partial charge in [0, 0.05) is 26.2 Å². The number of methoxy groups -OCH3 is 1. The van der Waals surface area contributed by atoms with Crippen molar-refractivity contribution in [2.75, 3.05) is 33.9 Å². The molecule has 21 heavy (non-hydrogen) atoms. The fraction of sp³-hybridized carbons (Fsp3) is 0.562. The smallest absolute Gasteiger partial charge is 0.190 e. The lowest BCUT2D eigenvalue weighted by molar-refractivity contribution is 0.308. The third-order valence-electron chi connectivity index (χ3n) is 2.97. The third kappa shape index (κ3) is 7.44. The highest BCUT2D eigenvalue weighted by molar-refractivity contribution is 5.79. The predicted octanol–water partition coefficient (Wildman–Crippen LogP) is 2.43. The maximum Gasteiger partial charge on any atom is 0.190 e. The number of guanidine groups is 1. The summed E-state index contributed by atoms with van der Waals surface area (Å²) in [4.78, 5) is 4.18. The Morgan fingerprint density at radius 1 is 1.14 bits per heavy atom. The fourth-order valence-electron chi connectivity index (χ4n) is 1.76. The molecule has 0 bridgehead atoms. The van der Waals surface area contributed by atoms with E-state index in [-0.39, 0.29) is 0 Å². The Balaban J connectivity index is 2.15. The topological polar surface area (TPSA) is 54.9 Å². The Morgan fingerprint density at radius 2 is 1.86 bits per heavy atom. The van der Waals surface area contributed by atoms with Gasteiger partial charge in [-0.05, 0) is 25.0 Å². The number of aliphatic imine (C=N–C) groups is 1. The van der Waals surface area contributed by atoms with Crippen LogP contribution in [-0.2, 0) is 0 Å². The van der Waals surface area contributed by atoms with Crippen LogP contribution in [0.1, 0.15) is 26.2 Å². The van der Waals surface area contributed by atoms with E-state index >= 15 is 0 Å². The van der Waals surface area contributed by atoms with Crippen LogP contribution in [0.5, 0.6) is 11.5 Å². The average molecular weight is 293 g/mol. The van der Waals surface area contributed by atoms with Crippen LogP contribution in [0.25, 0.3) is 0 Å². The number of nitrogens with zero attached hydrogens (tertiary/aromatic N) is 1. The van der Waals surface area contributed by atoms with Gasteiger partial charge in [0.25, 0.3) is 0 Å². The number of benzene rings is 1. The van der Waals surface area contributed by atoms with E-state index in [9.17, 15) is 0 Å². The molecule has 0 fully saturated rings. The number of unbranched alkanes of at least 4 members (excludes halogenated alkanes) is 1. The van der Waals surface area contributed by atoms with Crippen LogP contribution in [-0.4, -0.2) is 39.8 Å². The molecule has 1 aromatic carbocycles. The van der Waals surface area contributed by atoms with Crippen LogP contribution in [0.15, 0.2) is 29.3 Å². The lowest BCUT2D eigenvalue weighted by atomic mass is 10.3. The van der Waals surface area contributed by atoms with E-state index in [0.717, 1.165) is 43.4 Å². The number of rotatable bonds is 9. The highest BCUT2D eigenvalue weighted by Crippen LogP contribution is 2.18. The molecule has 0 aliphatic heterocycles. The van der Waals surface area contributed by atoms with Gasteiger partial charge in [-0.3, -0.25) is 4.99 Å². The molecule has 0 aliphatic carbocycles. The molecule has 5 nitrogen and oxygen atoms in total. The zero-order valence-electron chi connectivity index (χ0n) is 13.3. The molecule has 1 aromatic rings. The minimum Gasteiger partial charge on any atom is -0.497 e. The zero-order valence-corrected chi connectivity index (χ0v) is 13.3. The van der Waals surface area contributed by atoms with E-state index in [2.05, 4.69) is 22.5 Å². The van der Waals surface area contributed by atoms with Crippen LogP contribution in [0, 0.1) is 0 Å². The minimum atomic E-state index is 0.659. The summed E-state index contributed by atoms with van der Waals surface area (Å²) in [5.74, 6) is 2.50. The van der Waals surface area contributed by atoms with Gasteiger partial charge in [0.1, 0.15) is 11.5 Å². The first-order valence-corrected chi connectivity index (χ1v) is 7.51. The van der Waals surface area contributed by atoms with Gasteiger partial charge >= 0.3 is 0 Å². The van der Waals surface area contributed by atoms with E-state index in [4.69, 9.17) is 9.47 Å². The molecular weight excluding hydrogens is 266 g/mol. The van der Waals surface area contributed by atoms with E-state index in [0.29, 0.717) is 6.61 Å². The monoisotopic (exact) mass is 293 g/mol. The lowest BCUT2D eigenvalue weighted by Gasteiger charge is -2.12. The maximum atomic E-state index is 5.68. The largest absolute Gasteiger partial charge is 0.497 e. The number of ether oxygens (including phenoxy) is 2. The van der Waals surface area contributed by atoms with E-state index in [1.165, 1.54) is 6.42 Å². The molecule has 0 spiro atoms. The normalized spacial score (nSPS) is 11.1. The van der Waals surface area contributed by atoms with Gasteiger partial charge < -0.3 is 20.1 Å². The number of hydrogen-bond acceptors (Lipinski definition) is 3. The van der Waals surface area contributed by atoms with Crippen LogP contribution in [0.2, 0.25) is 0 Å². The maximum absolute atomic E-state index is 5.68. The van der Waals surface area contributed by atoms with E-state index in [1.54, 1.807) is 14.2 Å².